The normalized spacial score (nSPS) is 14.6. The SMILES string of the molecule is CCCCCN1C(=O)C(c2c[nH]c3ccccc23)=C(c2c[nH]c3ccccc23)C1=O. The number of fused-ring (bicyclic) bond motifs is 2. The third-order valence-corrected chi connectivity index (χ3v) is 5.87. The number of nitrogens with one attached hydrogen (secondary N) is 2. The number of aromatic amines is 2. The van der Waals surface area contributed by atoms with Crippen molar-refractivity contribution in [1.29, 1.82) is 0 Å². The predicted octanol–water partition coefficient (Wildman–Crippen LogP) is 5.12. The smallest absolute Gasteiger partial charge is 0.262 e. The lowest BCUT2D eigenvalue weighted by molar-refractivity contribution is -0.136. The van der Waals surface area contributed by atoms with Crippen LogP contribution in [-0.4, -0.2) is 33.2 Å². The first-order chi connectivity index (χ1) is 14.7. The Morgan fingerprint density at radius 1 is 0.733 bits per heavy atom. The standard InChI is InChI=1S/C25H23N3O2/c1-2-3-8-13-28-24(29)22(18-14-26-20-11-6-4-9-16(18)20)23(25(28)30)19-15-27-21-12-7-5-10-17(19)21/h4-7,9-12,14-15,26-27H,2-3,8,13H2,1H3. The van der Waals surface area contributed by atoms with E-state index in [2.05, 4.69) is 16.9 Å². The third-order valence-electron chi connectivity index (χ3n) is 5.87. The molecule has 30 heavy (non-hydrogen) atoms. The van der Waals surface area contributed by atoms with Crippen LogP contribution in [0.25, 0.3) is 33.0 Å². The lowest BCUT2D eigenvalue weighted by Gasteiger charge is -2.14. The lowest BCUT2D eigenvalue weighted by Crippen LogP contribution is -2.32. The highest BCUT2D eigenvalue weighted by atomic mass is 16.2. The van der Waals surface area contributed by atoms with Crippen molar-refractivity contribution in [2.45, 2.75) is 26.2 Å². The number of aromatic nitrogens is 2. The Kier molecular flexibility index (Phi) is 4.51. The number of amides is 2. The monoisotopic (exact) mass is 397 g/mol. The predicted molar refractivity (Wildman–Crippen MR) is 120 cm³/mol. The number of carbonyl (C=O) groups is 2. The quantitative estimate of drug-likeness (QED) is 0.350. The molecule has 2 amide bonds. The third kappa shape index (κ3) is 2.77. The summed E-state index contributed by atoms with van der Waals surface area (Å²) < 4.78 is 0. The average molecular weight is 397 g/mol. The molecule has 5 heteroatoms. The molecule has 5 nitrogen and oxygen atoms in total. The minimum atomic E-state index is -0.207. The van der Waals surface area contributed by atoms with E-state index in [4.69, 9.17) is 0 Å². The second kappa shape index (κ2) is 7.34. The molecule has 0 saturated carbocycles. The Morgan fingerprint density at radius 2 is 1.23 bits per heavy atom. The molecule has 2 N–H and O–H groups in total. The van der Waals surface area contributed by atoms with E-state index < -0.39 is 0 Å². The van der Waals surface area contributed by atoms with Crippen LogP contribution in [0, 0.1) is 0 Å². The van der Waals surface area contributed by atoms with E-state index in [0.29, 0.717) is 17.7 Å². The van der Waals surface area contributed by atoms with Gasteiger partial charge in [0, 0.05) is 51.9 Å². The van der Waals surface area contributed by atoms with Crippen LogP contribution in [0.5, 0.6) is 0 Å². The molecule has 0 radical (unpaired) electrons. The van der Waals surface area contributed by atoms with Gasteiger partial charge in [-0.15, -0.1) is 0 Å². The van der Waals surface area contributed by atoms with Gasteiger partial charge in [-0.25, -0.2) is 0 Å². The molecule has 0 saturated heterocycles. The molecule has 150 valence electrons. The van der Waals surface area contributed by atoms with E-state index in [0.717, 1.165) is 52.2 Å². The number of imide groups is 1. The molecule has 0 bridgehead atoms. The number of para-hydroxylation sites is 2. The molecular weight excluding hydrogens is 374 g/mol. The van der Waals surface area contributed by atoms with Crippen molar-refractivity contribution in [2.24, 2.45) is 0 Å². The van der Waals surface area contributed by atoms with Gasteiger partial charge in [0.1, 0.15) is 0 Å². The maximum atomic E-state index is 13.5. The number of carbonyl (C=O) groups excluding carboxylic acids is 2. The summed E-state index contributed by atoms with van der Waals surface area (Å²) in [5, 5.41) is 1.89. The molecule has 5 rings (SSSR count). The maximum absolute atomic E-state index is 13.5. The summed E-state index contributed by atoms with van der Waals surface area (Å²) >= 11 is 0. The Labute approximate surface area is 174 Å². The van der Waals surface area contributed by atoms with Crippen LogP contribution in [-0.2, 0) is 9.59 Å². The highest BCUT2D eigenvalue weighted by Crippen LogP contribution is 2.40. The first-order valence-corrected chi connectivity index (χ1v) is 10.4. The van der Waals surface area contributed by atoms with Gasteiger partial charge in [-0.3, -0.25) is 14.5 Å². The Hall–Kier alpha value is -3.60. The number of hydrogen-bond acceptors (Lipinski definition) is 2. The molecule has 0 unspecified atom stereocenters. The zero-order chi connectivity index (χ0) is 20.7. The fourth-order valence-electron chi connectivity index (χ4n) is 4.36. The minimum Gasteiger partial charge on any atom is -0.361 e. The van der Waals surface area contributed by atoms with Gasteiger partial charge in [0.05, 0.1) is 11.1 Å². The van der Waals surface area contributed by atoms with Crippen molar-refractivity contribution in [1.82, 2.24) is 14.9 Å². The molecule has 0 spiro atoms. The maximum Gasteiger partial charge on any atom is 0.262 e. The van der Waals surface area contributed by atoms with E-state index >= 15 is 0 Å². The topological polar surface area (TPSA) is 69.0 Å². The van der Waals surface area contributed by atoms with Gasteiger partial charge in [0.25, 0.3) is 11.8 Å². The molecule has 0 fully saturated rings. The molecule has 3 heterocycles. The summed E-state index contributed by atoms with van der Waals surface area (Å²) in [5.74, 6) is -0.415. The second-order valence-electron chi connectivity index (χ2n) is 7.71. The lowest BCUT2D eigenvalue weighted by atomic mass is 9.95. The van der Waals surface area contributed by atoms with Crippen molar-refractivity contribution in [2.75, 3.05) is 6.54 Å². The van der Waals surface area contributed by atoms with Crippen molar-refractivity contribution in [3.8, 4) is 0 Å². The van der Waals surface area contributed by atoms with E-state index in [1.807, 2.05) is 60.9 Å². The molecule has 2 aromatic carbocycles. The number of rotatable bonds is 6. The van der Waals surface area contributed by atoms with E-state index in [-0.39, 0.29) is 11.8 Å². The summed E-state index contributed by atoms with van der Waals surface area (Å²) in [6.07, 6.45) is 6.53. The van der Waals surface area contributed by atoms with Crippen LogP contribution in [0.4, 0.5) is 0 Å². The molecule has 0 aliphatic carbocycles. The number of benzene rings is 2. The van der Waals surface area contributed by atoms with E-state index in [1.165, 1.54) is 4.90 Å². The van der Waals surface area contributed by atoms with E-state index in [1.54, 1.807) is 0 Å². The average Bonchev–Trinajstić information content (AvgIpc) is 3.44. The zero-order valence-electron chi connectivity index (χ0n) is 16.9. The second-order valence-corrected chi connectivity index (χ2v) is 7.71. The highest BCUT2D eigenvalue weighted by molar-refractivity contribution is 6.50. The fourth-order valence-corrected chi connectivity index (χ4v) is 4.36. The van der Waals surface area contributed by atoms with Crippen LogP contribution < -0.4 is 0 Å². The van der Waals surface area contributed by atoms with Crippen LogP contribution in [0.15, 0.2) is 60.9 Å². The van der Waals surface area contributed by atoms with Crippen molar-refractivity contribution in [3.63, 3.8) is 0 Å². The Balaban J connectivity index is 1.72. The summed E-state index contributed by atoms with van der Waals surface area (Å²) in [4.78, 5) is 34.9. The molecule has 2 aromatic heterocycles. The first-order valence-electron chi connectivity index (χ1n) is 10.4. The summed E-state index contributed by atoms with van der Waals surface area (Å²) in [5.41, 5.74) is 4.42. The van der Waals surface area contributed by atoms with Gasteiger partial charge < -0.3 is 9.97 Å². The first kappa shape index (κ1) is 18.4. The minimum absolute atomic E-state index is 0.207. The summed E-state index contributed by atoms with van der Waals surface area (Å²) in [6.45, 7) is 2.56. The molecule has 4 aromatic rings. The highest BCUT2D eigenvalue weighted by Gasteiger charge is 2.40. The van der Waals surface area contributed by atoms with Crippen LogP contribution in [0.2, 0.25) is 0 Å². The number of nitrogens with zero attached hydrogens (tertiary/aromatic N) is 1. The van der Waals surface area contributed by atoms with Gasteiger partial charge in [0.15, 0.2) is 0 Å². The largest absolute Gasteiger partial charge is 0.361 e. The number of hydrogen-bond donors (Lipinski definition) is 2. The van der Waals surface area contributed by atoms with Crippen LogP contribution >= 0.6 is 0 Å². The summed E-state index contributed by atoms with van der Waals surface area (Å²) in [7, 11) is 0. The Bertz CT molecular complexity index is 1210. The number of unbranched alkanes of at least 4 members (excludes halogenated alkanes) is 2. The van der Waals surface area contributed by atoms with Gasteiger partial charge in [-0.2, -0.15) is 0 Å². The Morgan fingerprint density at radius 3 is 1.73 bits per heavy atom. The zero-order valence-corrected chi connectivity index (χ0v) is 16.9. The van der Waals surface area contributed by atoms with Gasteiger partial charge >= 0.3 is 0 Å². The van der Waals surface area contributed by atoms with Crippen LogP contribution in [0.1, 0.15) is 37.3 Å². The van der Waals surface area contributed by atoms with Crippen molar-refractivity contribution in [3.05, 3.63) is 72.1 Å². The molecule has 0 atom stereocenters. The fraction of sp³-hybridized carbons (Fsp3) is 0.200. The van der Waals surface area contributed by atoms with Gasteiger partial charge in [-0.05, 0) is 18.6 Å². The van der Waals surface area contributed by atoms with E-state index in [9.17, 15) is 9.59 Å². The molecular formula is C25H23N3O2. The summed E-state index contributed by atoms with van der Waals surface area (Å²) in [6, 6.07) is 15.7. The van der Waals surface area contributed by atoms with Gasteiger partial charge in [0.2, 0.25) is 0 Å². The number of H-pyrrole nitrogens is 2. The van der Waals surface area contributed by atoms with Crippen molar-refractivity contribution >= 4 is 44.8 Å². The van der Waals surface area contributed by atoms with Gasteiger partial charge in [-0.1, -0.05) is 56.2 Å². The molecule has 1 aliphatic rings. The van der Waals surface area contributed by atoms with Crippen molar-refractivity contribution < 1.29 is 9.59 Å². The molecule has 1 aliphatic heterocycles. The van der Waals surface area contributed by atoms with Crippen LogP contribution in [0.3, 0.4) is 0 Å².